The number of nitrogens with one attached hydrogen (secondary N) is 1. The number of aldehydes is 1. The average molecular weight is 205 g/mol. The molecular weight excluding hydrogens is 200 g/mol. The molecule has 3 N–H and O–H groups in total. The molecule has 0 spiro atoms. The molecular formula is C6H5ClN2O2S. The quantitative estimate of drug-likeness (QED) is 0.324. The van der Waals surface area contributed by atoms with Crippen molar-refractivity contribution >= 4 is 35.1 Å². The van der Waals surface area contributed by atoms with Crippen molar-refractivity contribution in [2.24, 2.45) is 5.84 Å². The molecule has 0 aromatic carbocycles. The van der Waals surface area contributed by atoms with Crippen LogP contribution in [0, 0.1) is 0 Å². The van der Waals surface area contributed by atoms with E-state index in [1.807, 2.05) is 5.43 Å². The Kier molecular flexibility index (Phi) is 2.80. The highest BCUT2D eigenvalue weighted by molar-refractivity contribution is 7.12. The van der Waals surface area contributed by atoms with Crippen LogP contribution in [0.15, 0.2) is 5.38 Å². The molecule has 0 atom stereocenters. The number of carbonyl (C=O) groups excluding carboxylic acids is 2. The molecule has 0 saturated heterocycles. The Morgan fingerprint density at radius 3 is 2.83 bits per heavy atom. The molecule has 0 saturated carbocycles. The van der Waals surface area contributed by atoms with Crippen LogP contribution in [0.5, 0.6) is 0 Å². The van der Waals surface area contributed by atoms with E-state index in [1.54, 1.807) is 0 Å². The first-order chi connectivity index (χ1) is 5.70. The molecule has 0 aliphatic rings. The van der Waals surface area contributed by atoms with Crippen LogP contribution in [0.25, 0.3) is 0 Å². The van der Waals surface area contributed by atoms with Crippen molar-refractivity contribution < 1.29 is 9.59 Å². The van der Waals surface area contributed by atoms with Gasteiger partial charge in [0.1, 0.15) is 0 Å². The smallest absolute Gasteiger partial charge is 0.267 e. The van der Waals surface area contributed by atoms with E-state index in [-0.39, 0.29) is 10.6 Å². The highest BCUT2D eigenvalue weighted by Gasteiger charge is 2.14. The lowest BCUT2D eigenvalue weighted by atomic mass is 10.3. The van der Waals surface area contributed by atoms with Crippen molar-refractivity contribution in [2.45, 2.75) is 0 Å². The largest absolute Gasteiger partial charge is 0.297 e. The standard InChI is InChI=1S/C6H5ClN2O2S/c7-5-3(6(11)9-8)2-12-4(5)1-10/h1-2H,8H2,(H,9,11). The zero-order chi connectivity index (χ0) is 9.14. The number of carbonyl (C=O) groups is 2. The second kappa shape index (κ2) is 3.66. The van der Waals surface area contributed by atoms with Crippen LogP contribution in [0.2, 0.25) is 5.02 Å². The molecule has 0 radical (unpaired) electrons. The van der Waals surface area contributed by atoms with Crippen molar-refractivity contribution in [2.75, 3.05) is 0 Å². The van der Waals surface area contributed by atoms with Crippen LogP contribution in [0.4, 0.5) is 0 Å². The lowest BCUT2D eigenvalue weighted by molar-refractivity contribution is 0.0954. The number of thiophene rings is 1. The summed E-state index contributed by atoms with van der Waals surface area (Å²) < 4.78 is 0. The molecule has 0 fully saturated rings. The second-order valence-electron chi connectivity index (χ2n) is 1.92. The molecule has 64 valence electrons. The van der Waals surface area contributed by atoms with Crippen molar-refractivity contribution in [1.29, 1.82) is 0 Å². The van der Waals surface area contributed by atoms with Gasteiger partial charge < -0.3 is 0 Å². The van der Waals surface area contributed by atoms with E-state index in [0.29, 0.717) is 11.2 Å². The number of nitrogens with two attached hydrogens (primary N) is 1. The lowest BCUT2D eigenvalue weighted by Crippen LogP contribution is -2.29. The summed E-state index contributed by atoms with van der Waals surface area (Å²) in [6.45, 7) is 0. The van der Waals surface area contributed by atoms with Crippen molar-refractivity contribution in [1.82, 2.24) is 5.43 Å². The number of rotatable bonds is 2. The van der Waals surface area contributed by atoms with Crippen molar-refractivity contribution in [3.63, 3.8) is 0 Å². The minimum absolute atomic E-state index is 0.151. The van der Waals surface area contributed by atoms with Crippen molar-refractivity contribution in [3.8, 4) is 0 Å². The van der Waals surface area contributed by atoms with E-state index in [4.69, 9.17) is 17.4 Å². The van der Waals surface area contributed by atoms with Gasteiger partial charge in [-0.1, -0.05) is 11.6 Å². The first-order valence-electron chi connectivity index (χ1n) is 2.93. The maximum absolute atomic E-state index is 10.9. The van der Waals surface area contributed by atoms with E-state index in [9.17, 15) is 9.59 Å². The summed E-state index contributed by atoms with van der Waals surface area (Å²) in [6.07, 6.45) is 0.598. The minimum atomic E-state index is -0.496. The molecule has 1 amide bonds. The predicted octanol–water partition coefficient (Wildman–Crippen LogP) is 0.817. The molecule has 1 heterocycles. The monoisotopic (exact) mass is 204 g/mol. The van der Waals surface area contributed by atoms with Crippen LogP contribution in [0.3, 0.4) is 0 Å². The summed E-state index contributed by atoms with van der Waals surface area (Å²) in [7, 11) is 0. The van der Waals surface area contributed by atoms with E-state index in [0.717, 1.165) is 11.3 Å². The normalized spacial score (nSPS) is 9.50. The van der Waals surface area contributed by atoms with Crippen LogP contribution in [-0.4, -0.2) is 12.2 Å². The summed E-state index contributed by atoms with van der Waals surface area (Å²) in [5.74, 6) is 4.39. The van der Waals surface area contributed by atoms with Crippen LogP contribution in [0.1, 0.15) is 20.0 Å². The molecule has 0 unspecified atom stereocenters. The summed E-state index contributed by atoms with van der Waals surface area (Å²) in [4.78, 5) is 21.6. The molecule has 1 rings (SSSR count). The fraction of sp³-hybridized carbons (Fsp3) is 0. The van der Waals surface area contributed by atoms with Gasteiger partial charge in [-0.15, -0.1) is 11.3 Å². The molecule has 0 bridgehead atoms. The molecule has 1 aromatic rings. The Bertz CT molecular complexity index is 323. The first kappa shape index (κ1) is 9.18. The first-order valence-corrected chi connectivity index (χ1v) is 4.19. The van der Waals surface area contributed by atoms with Gasteiger partial charge in [0, 0.05) is 5.38 Å². The van der Waals surface area contributed by atoms with Gasteiger partial charge in [0.15, 0.2) is 6.29 Å². The Morgan fingerprint density at radius 1 is 1.75 bits per heavy atom. The molecule has 6 heteroatoms. The molecule has 1 aromatic heterocycles. The topological polar surface area (TPSA) is 72.2 Å². The average Bonchev–Trinajstić information content (AvgIpc) is 2.45. The third-order valence-corrected chi connectivity index (χ3v) is 2.67. The summed E-state index contributed by atoms with van der Waals surface area (Å²) in [5.41, 5.74) is 2.15. The Labute approximate surface area is 77.3 Å². The number of amides is 1. The zero-order valence-electron chi connectivity index (χ0n) is 5.83. The maximum atomic E-state index is 10.9. The third kappa shape index (κ3) is 1.47. The molecule has 0 aliphatic heterocycles. The van der Waals surface area contributed by atoms with Gasteiger partial charge in [-0.25, -0.2) is 5.84 Å². The predicted molar refractivity (Wildman–Crippen MR) is 46.4 cm³/mol. The highest BCUT2D eigenvalue weighted by Crippen LogP contribution is 2.25. The van der Waals surface area contributed by atoms with Crippen LogP contribution in [-0.2, 0) is 0 Å². The summed E-state index contributed by atoms with van der Waals surface area (Å²) in [6, 6.07) is 0. The number of hydrazine groups is 1. The van der Waals surface area contributed by atoms with E-state index in [2.05, 4.69) is 0 Å². The van der Waals surface area contributed by atoms with Gasteiger partial charge in [0.05, 0.1) is 15.5 Å². The summed E-state index contributed by atoms with van der Waals surface area (Å²) >= 11 is 6.76. The number of nitrogen functional groups attached to an aromatic ring is 1. The Balaban J connectivity index is 3.10. The third-order valence-electron chi connectivity index (χ3n) is 1.24. The highest BCUT2D eigenvalue weighted by atomic mass is 35.5. The lowest BCUT2D eigenvalue weighted by Gasteiger charge is -1.94. The fourth-order valence-electron chi connectivity index (χ4n) is 0.669. The molecule has 4 nitrogen and oxygen atoms in total. The SMILES string of the molecule is NNC(=O)c1csc(C=O)c1Cl. The minimum Gasteiger partial charge on any atom is -0.297 e. The van der Waals surface area contributed by atoms with Gasteiger partial charge >= 0.3 is 0 Å². The maximum Gasteiger partial charge on any atom is 0.267 e. The van der Waals surface area contributed by atoms with Gasteiger partial charge in [0.2, 0.25) is 0 Å². The Morgan fingerprint density at radius 2 is 2.42 bits per heavy atom. The number of hydrogen-bond donors (Lipinski definition) is 2. The van der Waals surface area contributed by atoms with Crippen molar-refractivity contribution in [3.05, 3.63) is 20.8 Å². The number of halogens is 1. The number of hydrogen-bond acceptors (Lipinski definition) is 4. The fourth-order valence-corrected chi connectivity index (χ4v) is 1.79. The van der Waals surface area contributed by atoms with Crippen LogP contribution >= 0.6 is 22.9 Å². The Hall–Kier alpha value is -0.910. The van der Waals surface area contributed by atoms with E-state index in [1.165, 1.54) is 5.38 Å². The van der Waals surface area contributed by atoms with E-state index < -0.39 is 5.91 Å². The van der Waals surface area contributed by atoms with E-state index >= 15 is 0 Å². The molecule has 0 aliphatic carbocycles. The van der Waals surface area contributed by atoms with Gasteiger partial charge in [-0.05, 0) is 0 Å². The van der Waals surface area contributed by atoms with Gasteiger partial charge in [-0.3, -0.25) is 15.0 Å². The van der Waals surface area contributed by atoms with Crippen LogP contribution < -0.4 is 11.3 Å². The van der Waals surface area contributed by atoms with Gasteiger partial charge in [-0.2, -0.15) is 0 Å². The second-order valence-corrected chi connectivity index (χ2v) is 3.21. The zero-order valence-corrected chi connectivity index (χ0v) is 7.41. The van der Waals surface area contributed by atoms with Gasteiger partial charge in [0.25, 0.3) is 5.91 Å². The molecule has 12 heavy (non-hydrogen) atoms. The summed E-state index contributed by atoms with van der Waals surface area (Å²) in [5, 5.41) is 1.63.